The number of unbranched alkanes of at least 4 members (excludes halogenated alkanes) is 2. The van der Waals surface area contributed by atoms with E-state index >= 15 is 0 Å². The summed E-state index contributed by atoms with van der Waals surface area (Å²) in [5, 5.41) is 0. The summed E-state index contributed by atoms with van der Waals surface area (Å²) in [6.45, 7) is 4.37. The van der Waals surface area contributed by atoms with Crippen LogP contribution in [0.25, 0.3) is 0 Å². The lowest BCUT2D eigenvalue weighted by atomic mass is 9.53. The van der Waals surface area contributed by atoms with Crippen LogP contribution in [0.5, 0.6) is 0 Å². The van der Waals surface area contributed by atoms with Gasteiger partial charge in [0.1, 0.15) is 5.82 Å². The largest absolute Gasteiger partial charge is 0.207 e. The zero-order chi connectivity index (χ0) is 17.8. The molecule has 1 aromatic carbocycles. The Morgan fingerprint density at radius 3 is 2.28 bits per heavy atom. The second-order valence-electron chi connectivity index (χ2n) is 8.54. The van der Waals surface area contributed by atoms with Crippen molar-refractivity contribution >= 4 is 0 Å². The van der Waals surface area contributed by atoms with Crippen molar-refractivity contribution in [1.29, 1.82) is 0 Å². The van der Waals surface area contributed by atoms with Crippen molar-refractivity contribution in [3.05, 3.63) is 35.1 Å². The predicted octanol–water partition coefficient (Wildman–Crippen LogP) is 7.05. The zero-order valence-electron chi connectivity index (χ0n) is 16.1. The Morgan fingerprint density at radius 1 is 0.960 bits per heavy atom. The van der Waals surface area contributed by atoms with Crippen molar-refractivity contribution < 1.29 is 4.39 Å². The van der Waals surface area contributed by atoms with E-state index in [4.69, 9.17) is 0 Å². The lowest BCUT2D eigenvalue weighted by Crippen LogP contribution is -2.40. The van der Waals surface area contributed by atoms with Crippen LogP contribution in [-0.2, 0) is 6.42 Å². The molecule has 3 saturated carbocycles. The first-order valence-electron chi connectivity index (χ1n) is 10.4. The van der Waals surface area contributed by atoms with Crippen molar-refractivity contribution in [1.82, 2.24) is 0 Å². The van der Waals surface area contributed by atoms with Gasteiger partial charge in [-0.15, -0.1) is 0 Å². The summed E-state index contributed by atoms with van der Waals surface area (Å²) in [6.07, 6.45) is 15.1. The lowest BCUT2D eigenvalue weighted by Gasteiger charge is -2.51. The molecule has 0 unspecified atom stereocenters. The van der Waals surface area contributed by atoms with Crippen LogP contribution < -0.4 is 0 Å². The quantitative estimate of drug-likeness (QED) is 0.384. The van der Waals surface area contributed by atoms with Crippen LogP contribution in [0.4, 0.5) is 4.39 Å². The van der Waals surface area contributed by atoms with E-state index in [1.807, 2.05) is 12.1 Å². The lowest BCUT2D eigenvalue weighted by molar-refractivity contribution is 0.0186. The van der Waals surface area contributed by atoms with Crippen LogP contribution in [-0.4, -0.2) is 0 Å². The van der Waals surface area contributed by atoms with E-state index in [2.05, 4.69) is 25.7 Å². The highest BCUT2D eigenvalue weighted by atomic mass is 19.1. The Morgan fingerprint density at radius 2 is 1.68 bits per heavy atom. The molecule has 2 bridgehead atoms. The Kier molecular flexibility index (Phi) is 5.88. The maximum atomic E-state index is 14.1. The van der Waals surface area contributed by atoms with Crippen LogP contribution >= 0.6 is 0 Å². The van der Waals surface area contributed by atoms with E-state index in [1.165, 1.54) is 64.2 Å². The number of rotatable bonds is 6. The molecule has 0 aromatic heterocycles. The first kappa shape index (κ1) is 18.5. The molecule has 0 nitrogen and oxygen atoms in total. The highest BCUT2D eigenvalue weighted by molar-refractivity contribution is 5.38. The number of hydrogen-bond donors (Lipinski definition) is 0. The maximum absolute atomic E-state index is 14.1. The monoisotopic (exact) mass is 340 g/mol. The third kappa shape index (κ3) is 4.28. The minimum atomic E-state index is -0.0895. The number of benzene rings is 1. The van der Waals surface area contributed by atoms with Crippen molar-refractivity contribution in [3.63, 3.8) is 0 Å². The number of aryl methyl sites for hydroxylation is 1. The molecule has 0 saturated heterocycles. The molecular formula is C24H33F. The van der Waals surface area contributed by atoms with E-state index in [-0.39, 0.29) is 11.2 Å². The molecule has 0 heterocycles. The fourth-order valence-corrected chi connectivity index (χ4v) is 4.88. The number of fused-ring (bicyclic) bond motifs is 3. The summed E-state index contributed by atoms with van der Waals surface area (Å²) in [5.74, 6) is 6.81. The van der Waals surface area contributed by atoms with Gasteiger partial charge in [0.25, 0.3) is 0 Å². The van der Waals surface area contributed by atoms with Gasteiger partial charge in [-0.2, -0.15) is 0 Å². The van der Waals surface area contributed by atoms with Gasteiger partial charge in [-0.25, -0.2) is 4.39 Å². The zero-order valence-corrected chi connectivity index (χ0v) is 16.1. The molecular weight excluding hydrogens is 307 g/mol. The first-order valence-corrected chi connectivity index (χ1v) is 10.4. The highest BCUT2D eigenvalue weighted by Gasteiger charge is 2.47. The van der Waals surface area contributed by atoms with Crippen molar-refractivity contribution in [3.8, 4) is 11.8 Å². The van der Waals surface area contributed by atoms with Gasteiger partial charge in [0.05, 0.1) is 0 Å². The van der Waals surface area contributed by atoms with Crippen molar-refractivity contribution in [2.75, 3.05) is 0 Å². The summed E-state index contributed by atoms with van der Waals surface area (Å²) in [6, 6.07) is 5.55. The smallest absolute Gasteiger partial charge is 0.127 e. The summed E-state index contributed by atoms with van der Waals surface area (Å²) in [7, 11) is 0. The highest BCUT2D eigenvalue weighted by Crippen LogP contribution is 2.58. The second kappa shape index (κ2) is 7.94. The van der Waals surface area contributed by atoms with Gasteiger partial charge in [0.15, 0.2) is 0 Å². The summed E-state index contributed by atoms with van der Waals surface area (Å²) >= 11 is 0. The van der Waals surface area contributed by atoms with Crippen LogP contribution in [0.3, 0.4) is 0 Å². The van der Waals surface area contributed by atoms with Crippen LogP contribution in [0.2, 0.25) is 0 Å². The van der Waals surface area contributed by atoms with E-state index in [9.17, 15) is 4.39 Å². The molecule has 3 fully saturated rings. The molecule has 0 spiro atoms. The van der Waals surface area contributed by atoms with Gasteiger partial charge >= 0.3 is 0 Å². The second-order valence-corrected chi connectivity index (χ2v) is 8.54. The van der Waals surface area contributed by atoms with Gasteiger partial charge < -0.3 is 0 Å². The van der Waals surface area contributed by atoms with Gasteiger partial charge in [-0.05, 0) is 74.5 Å². The minimum absolute atomic E-state index is 0.0895. The predicted molar refractivity (Wildman–Crippen MR) is 104 cm³/mol. The van der Waals surface area contributed by atoms with Crippen LogP contribution in [0.15, 0.2) is 18.2 Å². The van der Waals surface area contributed by atoms with Gasteiger partial charge in [-0.3, -0.25) is 0 Å². The van der Waals surface area contributed by atoms with Gasteiger partial charge in [0, 0.05) is 11.0 Å². The Bertz CT molecular complexity index is 621. The first-order chi connectivity index (χ1) is 12.1. The fourth-order valence-electron chi connectivity index (χ4n) is 4.88. The number of hydrogen-bond acceptors (Lipinski definition) is 0. The normalized spacial score (nSPS) is 27.8. The molecule has 4 rings (SSSR count). The molecule has 3 aliphatic carbocycles. The molecule has 136 valence electrons. The molecule has 1 heteroatoms. The third-order valence-electron chi connectivity index (χ3n) is 6.76. The topological polar surface area (TPSA) is 0 Å². The summed E-state index contributed by atoms with van der Waals surface area (Å²) in [5.41, 5.74) is 2.51. The summed E-state index contributed by atoms with van der Waals surface area (Å²) in [4.78, 5) is 0. The molecule has 0 N–H and O–H groups in total. The molecule has 0 radical (unpaired) electrons. The minimum Gasteiger partial charge on any atom is -0.207 e. The van der Waals surface area contributed by atoms with E-state index in [1.54, 1.807) is 6.07 Å². The standard InChI is InChI=1S/C24H33F/c1-3-5-6-11-23-13-16-24(17-14-23,18-15-23)12-10-20-8-9-21(7-4-2)22(25)19-20/h8-9,19H,3-7,11,13-18H2,1-2H3. The molecule has 1 aromatic rings. The average Bonchev–Trinajstić information content (AvgIpc) is 2.64. The maximum Gasteiger partial charge on any atom is 0.127 e. The Labute approximate surface area is 153 Å². The van der Waals surface area contributed by atoms with E-state index in [0.29, 0.717) is 5.41 Å². The average molecular weight is 341 g/mol. The van der Waals surface area contributed by atoms with Crippen molar-refractivity contribution in [2.24, 2.45) is 10.8 Å². The number of halogens is 1. The van der Waals surface area contributed by atoms with Gasteiger partial charge in [0.2, 0.25) is 0 Å². The molecule has 25 heavy (non-hydrogen) atoms. The SMILES string of the molecule is CCCCCC12CCC(C#Cc3ccc(CCC)c(F)c3)(CC1)CC2. The van der Waals surface area contributed by atoms with Crippen LogP contribution in [0.1, 0.15) is 95.6 Å². The third-order valence-corrected chi connectivity index (χ3v) is 6.76. The molecule has 0 atom stereocenters. The Balaban J connectivity index is 1.64. The van der Waals surface area contributed by atoms with E-state index < -0.39 is 0 Å². The van der Waals surface area contributed by atoms with Crippen LogP contribution in [0, 0.1) is 28.5 Å². The van der Waals surface area contributed by atoms with Gasteiger partial charge in [-0.1, -0.05) is 57.4 Å². The Hall–Kier alpha value is -1.29. The van der Waals surface area contributed by atoms with Crippen molar-refractivity contribution in [2.45, 2.75) is 90.9 Å². The molecule has 0 amide bonds. The summed E-state index contributed by atoms with van der Waals surface area (Å²) < 4.78 is 14.1. The molecule has 3 aliphatic rings. The fraction of sp³-hybridized carbons (Fsp3) is 0.667. The van der Waals surface area contributed by atoms with E-state index in [0.717, 1.165) is 24.0 Å². The molecule has 0 aliphatic heterocycles.